The SMILES string of the molecule is O=C(NCCc1c[nH]c2ccccc12)c1cc2c(s1)-c1ccccc1OC2. The number of aromatic nitrogens is 1. The van der Waals surface area contributed by atoms with E-state index in [9.17, 15) is 4.79 Å². The summed E-state index contributed by atoms with van der Waals surface area (Å²) in [4.78, 5) is 17.8. The van der Waals surface area contributed by atoms with Crippen LogP contribution in [0.15, 0.2) is 60.8 Å². The average molecular weight is 374 g/mol. The predicted molar refractivity (Wildman–Crippen MR) is 108 cm³/mol. The Morgan fingerprint density at radius 1 is 1.15 bits per heavy atom. The molecule has 1 aliphatic heterocycles. The van der Waals surface area contributed by atoms with Crippen molar-refractivity contribution < 1.29 is 9.53 Å². The minimum Gasteiger partial charge on any atom is -0.488 e. The normalized spacial score (nSPS) is 12.3. The van der Waals surface area contributed by atoms with Crippen molar-refractivity contribution >= 4 is 28.1 Å². The number of hydrogen-bond donors (Lipinski definition) is 2. The van der Waals surface area contributed by atoms with E-state index in [1.165, 1.54) is 22.3 Å². The Morgan fingerprint density at radius 3 is 2.96 bits per heavy atom. The fourth-order valence-electron chi connectivity index (χ4n) is 3.55. The molecule has 0 fully saturated rings. The van der Waals surface area contributed by atoms with Gasteiger partial charge in [0.1, 0.15) is 12.4 Å². The molecule has 0 spiro atoms. The number of amides is 1. The maximum Gasteiger partial charge on any atom is 0.261 e. The van der Waals surface area contributed by atoms with E-state index in [-0.39, 0.29) is 5.91 Å². The maximum absolute atomic E-state index is 12.6. The van der Waals surface area contributed by atoms with Crippen molar-refractivity contribution in [2.75, 3.05) is 6.54 Å². The first kappa shape index (κ1) is 16.1. The molecule has 2 aromatic heterocycles. The molecule has 5 heteroatoms. The van der Waals surface area contributed by atoms with Crippen molar-refractivity contribution in [1.82, 2.24) is 10.3 Å². The fourth-order valence-corrected chi connectivity index (χ4v) is 4.66. The first-order chi connectivity index (χ1) is 13.3. The number of ether oxygens (including phenoxy) is 1. The topological polar surface area (TPSA) is 54.1 Å². The summed E-state index contributed by atoms with van der Waals surface area (Å²) in [7, 11) is 0. The Kier molecular flexibility index (Phi) is 3.94. The van der Waals surface area contributed by atoms with E-state index in [2.05, 4.69) is 22.4 Å². The van der Waals surface area contributed by atoms with E-state index in [0.29, 0.717) is 13.2 Å². The number of aromatic amines is 1. The van der Waals surface area contributed by atoms with Crippen LogP contribution in [0.5, 0.6) is 5.75 Å². The predicted octanol–water partition coefficient (Wildman–Crippen LogP) is 4.76. The van der Waals surface area contributed by atoms with Gasteiger partial charge in [-0.05, 0) is 36.2 Å². The van der Waals surface area contributed by atoms with Crippen LogP contribution in [0.2, 0.25) is 0 Å². The number of carbonyl (C=O) groups is 1. The van der Waals surface area contributed by atoms with E-state index in [4.69, 9.17) is 4.74 Å². The Labute approximate surface area is 160 Å². The highest BCUT2D eigenvalue weighted by Gasteiger charge is 2.22. The number of rotatable bonds is 4. The van der Waals surface area contributed by atoms with E-state index in [1.54, 1.807) is 0 Å². The number of benzene rings is 2. The Balaban J connectivity index is 1.29. The summed E-state index contributed by atoms with van der Waals surface area (Å²) in [5, 5.41) is 4.27. The van der Waals surface area contributed by atoms with E-state index >= 15 is 0 Å². The highest BCUT2D eigenvalue weighted by molar-refractivity contribution is 7.17. The quantitative estimate of drug-likeness (QED) is 0.541. The zero-order chi connectivity index (χ0) is 18.2. The molecule has 0 radical (unpaired) electrons. The summed E-state index contributed by atoms with van der Waals surface area (Å²) in [6, 6.07) is 18.2. The number of carbonyl (C=O) groups excluding carboxylic acids is 1. The van der Waals surface area contributed by atoms with Crippen LogP contribution in [0.3, 0.4) is 0 Å². The van der Waals surface area contributed by atoms with Crippen LogP contribution in [0.1, 0.15) is 20.8 Å². The number of nitrogens with one attached hydrogen (secondary N) is 2. The van der Waals surface area contributed by atoms with Gasteiger partial charge in [-0.15, -0.1) is 11.3 Å². The summed E-state index contributed by atoms with van der Waals surface area (Å²) < 4.78 is 5.79. The highest BCUT2D eigenvalue weighted by atomic mass is 32.1. The van der Waals surface area contributed by atoms with Gasteiger partial charge >= 0.3 is 0 Å². The third kappa shape index (κ3) is 2.90. The van der Waals surface area contributed by atoms with Gasteiger partial charge in [0, 0.05) is 39.6 Å². The molecule has 1 aliphatic rings. The second kappa shape index (κ2) is 6.59. The molecule has 3 heterocycles. The minimum absolute atomic E-state index is 0.0216. The Bertz CT molecular complexity index is 1140. The van der Waals surface area contributed by atoms with Crippen molar-refractivity contribution in [2.24, 2.45) is 0 Å². The summed E-state index contributed by atoms with van der Waals surface area (Å²) in [5.41, 5.74) is 4.50. The van der Waals surface area contributed by atoms with Gasteiger partial charge < -0.3 is 15.0 Å². The largest absolute Gasteiger partial charge is 0.488 e. The van der Waals surface area contributed by atoms with E-state index in [1.807, 2.05) is 48.7 Å². The first-order valence-corrected chi connectivity index (χ1v) is 9.79. The number of fused-ring (bicyclic) bond motifs is 4. The Morgan fingerprint density at radius 2 is 2.00 bits per heavy atom. The molecule has 27 heavy (non-hydrogen) atoms. The van der Waals surface area contributed by atoms with Gasteiger partial charge in [-0.3, -0.25) is 4.79 Å². The molecule has 2 N–H and O–H groups in total. The van der Waals surface area contributed by atoms with Crippen LogP contribution in [0.4, 0.5) is 0 Å². The summed E-state index contributed by atoms with van der Waals surface area (Å²) >= 11 is 1.54. The third-order valence-corrected chi connectivity index (χ3v) is 6.11. The van der Waals surface area contributed by atoms with Crippen molar-refractivity contribution in [3.63, 3.8) is 0 Å². The molecular formula is C22H18N2O2S. The molecule has 0 unspecified atom stereocenters. The van der Waals surface area contributed by atoms with Gasteiger partial charge in [0.2, 0.25) is 0 Å². The molecule has 134 valence electrons. The minimum atomic E-state index is -0.0216. The zero-order valence-electron chi connectivity index (χ0n) is 14.6. The lowest BCUT2D eigenvalue weighted by molar-refractivity contribution is 0.0958. The number of para-hydroxylation sites is 2. The number of thiophene rings is 1. The summed E-state index contributed by atoms with van der Waals surface area (Å²) in [6.07, 6.45) is 2.82. The van der Waals surface area contributed by atoms with Gasteiger partial charge in [0.25, 0.3) is 5.91 Å². The molecule has 5 rings (SSSR count). The van der Waals surface area contributed by atoms with Crippen LogP contribution in [0.25, 0.3) is 21.3 Å². The van der Waals surface area contributed by atoms with Crippen LogP contribution in [0, 0.1) is 0 Å². The van der Waals surface area contributed by atoms with Gasteiger partial charge in [-0.25, -0.2) is 0 Å². The summed E-state index contributed by atoms with van der Waals surface area (Å²) in [6.45, 7) is 1.13. The van der Waals surface area contributed by atoms with Crippen molar-refractivity contribution in [2.45, 2.75) is 13.0 Å². The highest BCUT2D eigenvalue weighted by Crippen LogP contribution is 2.42. The zero-order valence-corrected chi connectivity index (χ0v) is 15.4. The van der Waals surface area contributed by atoms with Crippen molar-refractivity contribution in [3.8, 4) is 16.2 Å². The lowest BCUT2D eigenvalue weighted by Gasteiger charge is -2.16. The van der Waals surface area contributed by atoms with Gasteiger partial charge in [-0.1, -0.05) is 30.3 Å². The molecule has 0 atom stereocenters. The van der Waals surface area contributed by atoms with E-state index in [0.717, 1.165) is 38.6 Å². The lowest BCUT2D eigenvalue weighted by Crippen LogP contribution is -2.24. The number of hydrogen-bond acceptors (Lipinski definition) is 3. The van der Waals surface area contributed by atoms with Crippen LogP contribution < -0.4 is 10.1 Å². The maximum atomic E-state index is 12.6. The van der Waals surface area contributed by atoms with Crippen molar-refractivity contribution in [3.05, 3.63) is 76.8 Å². The number of H-pyrrole nitrogens is 1. The molecule has 4 aromatic rings. The smallest absolute Gasteiger partial charge is 0.261 e. The van der Waals surface area contributed by atoms with Crippen molar-refractivity contribution in [1.29, 1.82) is 0 Å². The standard InChI is InChI=1S/C22H18N2O2S/c25-22(23-10-9-14-12-24-18-7-3-1-5-16(14)18)20-11-15-13-26-19-8-4-2-6-17(19)21(15)27-20/h1-8,11-12,24H,9-10,13H2,(H,23,25). The molecule has 0 saturated carbocycles. The molecule has 1 amide bonds. The molecule has 0 aliphatic carbocycles. The molecule has 0 bridgehead atoms. The lowest BCUT2D eigenvalue weighted by atomic mass is 10.1. The van der Waals surface area contributed by atoms with E-state index < -0.39 is 0 Å². The fraction of sp³-hybridized carbons (Fsp3) is 0.136. The molecule has 4 nitrogen and oxygen atoms in total. The van der Waals surface area contributed by atoms with Gasteiger partial charge in [0.15, 0.2) is 0 Å². The summed E-state index contributed by atoms with van der Waals surface area (Å²) in [5.74, 6) is 0.866. The van der Waals surface area contributed by atoms with Gasteiger partial charge in [-0.2, -0.15) is 0 Å². The van der Waals surface area contributed by atoms with Crippen LogP contribution >= 0.6 is 11.3 Å². The molecule has 0 saturated heterocycles. The second-order valence-corrected chi connectivity index (χ2v) is 7.67. The van der Waals surface area contributed by atoms with Gasteiger partial charge in [0.05, 0.1) is 4.88 Å². The monoisotopic (exact) mass is 374 g/mol. The molecular weight excluding hydrogens is 356 g/mol. The third-order valence-electron chi connectivity index (χ3n) is 4.90. The average Bonchev–Trinajstić information content (AvgIpc) is 3.32. The van der Waals surface area contributed by atoms with Crippen LogP contribution in [-0.2, 0) is 13.0 Å². The van der Waals surface area contributed by atoms with Crippen LogP contribution in [-0.4, -0.2) is 17.4 Å². The second-order valence-electron chi connectivity index (χ2n) is 6.62. The molecule has 2 aromatic carbocycles. The first-order valence-electron chi connectivity index (χ1n) is 8.98. The Hall–Kier alpha value is -3.05.